The van der Waals surface area contributed by atoms with E-state index in [9.17, 15) is 0 Å². The first-order valence-electron chi connectivity index (χ1n) is 8.80. The molecule has 1 heterocycles. The van der Waals surface area contributed by atoms with Crippen molar-refractivity contribution >= 4 is 10.8 Å². The molecule has 0 aliphatic rings. The number of hydrogen-bond donors (Lipinski definition) is 0. The van der Waals surface area contributed by atoms with Gasteiger partial charge in [0.1, 0.15) is 7.05 Å². The molecule has 1 aromatic heterocycles. The summed E-state index contributed by atoms with van der Waals surface area (Å²) in [5, 5.41) is 2.35. The van der Waals surface area contributed by atoms with Crippen LogP contribution in [0.1, 0.15) is 11.1 Å². The Morgan fingerprint density at radius 3 is 2.15 bits per heavy atom. The maximum absolute atomic E-state index is 15.1. The van der Waals surface area contributed by atoms with E-state index in [1.807, 2.05) is 61.1 Å². The summed E-state index contributed by atoms with van der Waals surface area (Å²) in [6.07, 6.45) is 2.02. The first kappa shape index (κ1) is 16.5. The molecule has 0 saturated carbocycles. The van der Waals surface area contributed by atoms with Crippen LogP contribution in [0.4, 0.5) is 4.39 Å². The summed E-state index contributed by atoms with van der Waals surface area (Å²) in [6, 6.07) is 22.0. The summed E-state index contributed by atoms with van der Waals surface area (Å²) in [5.74, 6) is -0.205. The van der Waals surface area contributed by atoms with Gasteiger partial charge in [0.05, 0.1) is 5.56 Å². The fourth-order valence-electron chi connectivity index (χ4n) is 3.69. The fraction of sp³-hybridized carbons (Fsp3) is 0.125. The highest BCUT2D eigenvalue weighted by molar-refractivity contribution is 5.98. The third-order valence-corrected chi connectivity index (χ3v) is 5.05. The van der Waals surface area contributed by atoms with Crippen LogP contribution in [0.25, 0.3) is 33.2 Å². The van der Waals surface area contributed by atoms with Crippen LogP contribution in [0.5, 0.6) is 0 Å². The zero-order valence-corrected chi connectivity index (χ0v) is 15.3. The van der Waals surface area contributed by atoms with Crippen LogP contribution in [0.2, 0.25) is 0 Å². The van der Waals surface area contributed by atoms with E-state index < -0.39 is 0 Å². The van der Waals surface area contributed by atoms with Gasteiger partial charge < -0.3 is 0 Å². The van der Waals surface area contributed by atoms with Crippen LogP contribution in [0, 0.1) is 19.7 Å². The molecule has 0 bridgehead atoms. The van der Waals surface area contributed by atoms with E-state index >= 15 is 4.39 Å². The highest BCUT2D eigenvalue weighted by atomic mass is 19.1. The second-order valence-electron chi connectivity index (χ2n) is 6.83. The minimum atomic E-state index is -0.205. The van der Waals surface area contributed by atoms with Crippen LogP contribution in [-0.2, 0) is 7.05 Å². The van der Waals surface area contributed by atoms with Crippen molar-refractivity contribution in [1.29, 1.82) is 0 Å². The molecule has 0 unspecified atom stereocenters. The minimum Gasteiger partial charge on any atom is -0.200 e. The molecule has 0 radical (unpaired) electrons. The van der Waals surface area contributed by atoms with Gasteiger partial charge in [-0.15, -0.1) is 0 Å². The van der Waals surface area contributed by atoms with Gasteiger partial charge in [0.15, 0.2) is 12.0 Å². The summed E-state index contributed by atoms with van der Waals surface area (Å²) < 4.78 is 17.0. The van der Waals surface area contributed by atoms with Crippen LogP contribution >= 0.6 is 0 Å². The van der Waals surface area contributed by atoms with E-state index in [1.54, 1.807) is 6.07 Å². The second kappa shape index (κ2) is 6.38. The minimum absolute atomic E-state index is 0.205. The molecule has 4 aromatic rings. The first-order valence-corrected chi connectivity index (χ1v) is 8.80. The quantitative estimate of drug-likeness (QED) is 0.408. The van der Waals surface area contributed by atoms with Crippen LogP contribution < -0.4 is 4.57 Å². The van der Waals surface area contributed by atoms with Gasteiger partial charge in [-0.3, -0.25) is 0 Å². The molecular formula is C24H21FN+. The summed E-state index contributed by atoms with van der Waals surface area (Å²) in [6.45, 7) is 4.12. The van der Waals surface area contributed by atoms with Gasteiger partial charge >= 0.3 is 0 Å². The monoisotopic (exact) mass is 342 g/mol. The lowest BCUT2D eigenvalue weighted by atomic mass is 9.95. The second-order valence-corrected chi connectivity index (χ2v) is 6.83. The first-order chi connectivity index (χ1) is 12.6. The van der Waals surface area contributed by atoms with E-state index in [0.717, 1.165) is 27.6 Å². The van der Waals surface area contributed by atoms with E-state index in [-0.39, 0.29) is 5.82 Å². The van der Waals surface area contributed by atoms with Gasteiger partial charge in [0.2, 0.25) is 5.69 Å². The number of fused-ring (bicyclic) bond motifs is 1. The number of nitrogens with zero attached hydrogens (tertiary/aromatic N) is 1. The predicted octanol–water partition coefficient (Wildman–Crippen LogP) is 5.75. The molecule has 0 spiro atoms. The largest absolute Gasteiger partial charge is 0.248 e. The molecule has 0 amide bonds. The van der Waals surface area contributed by atoms with Crippen LogP contribution in [0.3, 0.4) is 0 Å². The summed E-state index contributed by atoms with van der Waals surface area (Å²) in [4.78, 5) is 0. The molecular weight excluding hydrogens is 321 g/mol. The molecule has 3 aromatic carbocycles. The molecule has 0 aliphatic carbocycles. The van der Waals surface area contributed by atoms with Gasteiger partial charge in [0.25, 0.3) is 0 Å². The number of hydrogen-bond acceptors (Lipinski definition) is 0. The summed E-state index contributed by atoms with van der Waals surface area (Å²) in [7, 11) is 1.91. The lowest BCUT2D eigenvalue weighted by molar-refractivity contribution is -0.661. The van der Waals surface area contributed by atoms with Crippen molar-refractivity contribution < 1.29 is 8.96 Å². The van der Waals surface area contributed by atoms with E-state index in [4.69, 9.17) is 0 Å². The van der Waals surface area contributed by atoms with Crippen molar-refractivity contribution in [2.45, 2.75) is 13.8 Å². The molecule has 2 heteroatoms. The molecule has 0 fully saturated rings. The van der Waals surface area contributed by atoms with E-state index in [0.29, 0.717) is 5.69 Å². The number of aryl methyl sites for hydroxylation is 3. The topological polar surface area (TPSA) is 3.88 Å². The number of benzene rings is 3. The van der Waals surface area contributed by atoms with Crippen molar-refractivity contribution in [2.24, 2.45) is 7.05 Å². The lowest BCUT2D eigenvalue weighted by Gasteiger charge is -2.11. The SMILES string of the molecule is Cc1ccccc1-c1c(F)cc(-c2ccc(C)c3ccccc23)c[n+]1C. The van der Waals surface area contributed by atoms with E-state index in [1.165, 1.54) is 10.9 Å². The highest BCUT2D eigenvalue weighted by Gasteiger charge is 2.21. The highest BCUT2D eigenvalue weighted by Crippen LogP contribution is 2.32. The Kier molecular flexibility index (Phi) is 4.04. The van der Waals surface area contributed by atoms with Crippen molar-refractivity contribution in [1.82, 2.24) is 0 Å². The maximum atomic E-state index is 15.1. The number of aromatic nitrogens is 1. The third kappa shape index (κ3) is 2.68. The van der Waals surface area contributed by atoms with Gasteiger partial charge in [-0.05, 0) is 53.4 Å². The molecule has 1 nitrogen and oxygen atoms in total. The standard InChI is InChI=1S/C24H21FN/c1-16-8-4-5-10-20(16)24-23(25)14-18(15-26(24)3)21-13-12-17(2)19-9-6-7-11-22(19)21/h4-15H,1-3H3/q+1. The van der Waals surface area contributed by atoms with E-state index in [2.05, 4.69) is 31.2 Å². The summed E-state index contributed by atoms with van der Waals surface area (Å²) >= 11 is 0. The molecule has 128 valence electrons. The third-order valence-electron chi connectivity index (χ3n) is 5.05. The van der Waals surface area contributed by atoms with Gasteiger partial charge in [-0.1, -0.05) is 54.6 Å². The predicted molar refractivity (Wildman–Crippen MR) is 105 cm³/mol. The molecule has 0 atom stereocenters. The average molecular weight is 342 g/mol. The van der Waals surface area contributed by atoms with Crippen molar-refractivity contribution in [3.05, 3.63) is 89.9 Å². The van der Waals surface area contributed by atoms with Gasteiger partial charge in [0, 0.05) is 5.56 Å². The van der Waals surface area contributed by atoms with Gasteiger partial charge in [-0.2, -0.15) is 8.96 Å². The van der Waals surface area contributed by atoms with Crippen molar-refractivity contribution in [2.75, 3.05) is 0 Å². The normalized spacial score (nSPS) is 11.1. The molecule has 0 saturated heterocycles. The fourth-order valence-corrected chi connectivity index (χ4v) is 3.69. The van der Waals surface area contributed by atoms with Crippen LogP contribution in [-0.4, -0.2) is 0 Å². The Morgan fingerprint density at radius 1 is 0.731 bits per heavy atom. The summed E-state index contributed by atoms with van der Waals surface area (Å²) in [5.41, 5.74) is 5.77. The Hall–Kier alpha value is -3.00. The molecule has 0 aliphatic heterocycles. The smallest absolute Gasteiger partial charge is 0.200 e. The Morgan fingerprint density at radius 2 is 1.42 bits per heavy atom. The van der Waals surface area contributed by atoms with Crippen molar-refractivity contribution in [3.8, 4) is 22.4 Å². The Labute approximate surface area is 153 Å². The average Bonchev–Trinajstić information content (AvgIpc) is 2.63. The zero-order chi connectivity index (χ0) is 18.3. The molecule has 4 rings (SSSR count). The number of pyridine rings is 1. The van der Waals surface area contributed by atoms with Gasteiger partial charge in [-0.25, -0.2) is 0 Å². The molecule has 26 heavy (non-hydrogen) atoms. The lowest BCUT2D eigenvalue weighted by Crippen LogP contribution is -2.32. The zero-order valence-electron chi connectivity index (χ0n) is 15.3. The Balaban J connectivity index is 1.94. The molecule has 0 N–H and O–H groups in total. The Bertz CT molecular complexity index is 1110. The maximum Gasteiger partial charge on any atom is 0.248 e. The number of halogens is 1. The van der Waals surface area contributed by atoms with Crippen LogP contribution in [0.15, 0.2) is 72.9 Å². The number of rotatable bonds is 2. The van der Waals surface area contributed by atoms with Crippen molar-refractivity contribution in [3.63, 3.8) is 0 Å².